The number of aromatic nitrogens is 5. The molecular formula is C22H26F3N7O3. The largest absolute Gasteiger partial charge is 0.420 e. The smallest absolute Gasteiger partial charge is 0.378 e. The Balaban J connectivity index is 1.62. The number of morpholine rings is 2. The number of fused-ring (bicyclic) bond motifs is 3. The number of pyridine rings is 1. The lowest BCUT2D eigenvalue weighted by Crippen LogP contribution is -2.47. The van der Waals surface area contributed by atoms with Gasteiger partial charge in [-0.1, -0.05) is 0 Å². The van der Waals surface area contributed by atoms with E-state index in [1.54, 1.807) is 6.07 Å². The molecule has 6 rings (SSSR count). The van der Waals surface area contributed by atoms with Crippen molar-refractivity contribution in [3.8, 4) is 5.82 Å². The number of aliphatic hydroxyl groups is 1. The van der Waals surface area contributed by atoms with E-state index in [1.807, 2.05) is 17.9 Å². The Hall–Kier alpha value is -2.90. The van der Waals surface area contributed by atoms with Crippen LogP contribution in [-0.4, -0.2) is 87.3 Å². The van der Waals surface area contributed by atoms with Crippen LogP contribution in [0.2, 0.25) is 0 Å². The molecule has 3 fully saturated rings. The molecule has 6 heterocycles. The number of hydrogen-bond acceptors (Lipinski definition) is 8. The van der Waals surface area contributed by atoms with Gasteiger partial charge >= 0.3 is 6.18 Å². The van der Waals surface area contributed by atoms with Crippen molar-refractivity contribution in [3.63, 3.8) is 0 Å². The fourth-order valence-electron chi connectivity index (χ4n) is 5.44. The van der Waals surface area contributed by atoms with Gasteiger partial charge in [0.25, 0.3) is 0 Å². The number of hydrogen-bond donors (Lipinski definition) is 2. The molecule has 0 saturated carbocycles. The number of aliphatic hydroxyl groups excluding tert-OH is 1. The number of ether oxygens (including phenoxy) is 2. The molecule has 3 saturated heterocycles. The Labute approximate surface area is 198 Å². The number of alkyl halides is 3. The number of rotatable bonds is 4. The summed E-state index contributed by atoms with van der Waals surface area (Å²) in [6.45, 7) is 4.50. The molecule has 3 aromatic rings. The van der Waals surface area contributed by atoms with Crippen LogP contribution in [-0.2, 0) is 9.47 Å². The van der Waals surface area contributed by atoms with Crippen LogP contribution in [0.5, 0.6) is 0 Å². The maximum absolute atomic E-state index is 13.8. The highest BCUT2D eigenvalue weighted by molar-refractivity contribution is 5.95. The molecule has 0 spiro atoms. The Bertz CT molecular complexity index is 1200. The summed E-state index contributed by atoms with van der Waals surface area (Å²) in [5.41, 5.74) is 0.292. The molecule has 2 bridgehead atoms. The van der Waals surface area contributed by atoms with Crippen LogP contribution in [0.4, 0.5) is 24.7 Å². The predicted molar refractivity (Wildman–Crippen MR) is 120 cm³/mol. The topological polar surface area (TPSA) is 105 Å². The highest BCUT2D eigenvalue weighted by Gasteiger charge is 2.44. The summed E-state index contributed by atoms with van der Waals surface area (Å²) in [7, 11) is 0. The van der Waals surface area contributed by atoms with Crippen molar-refractivity contribution >= 4 is 22.5 Å². The molecular weight excluding hydrogens is 467 g/mol. The average Bonchev–Trinajstić information content (AvgIpc) is 3.54. The third-order valence-corrected chi connectivity index (χ3v) is 7.10. The molecule has 3 aliphatic heterocycles. The minimum absolute atomic E-state index is 0.0880. The second-order valence-corrected chi connectivity index (χ2v) is 9.33. The zero-order valence-corrected chi connectivity index (χ0v) is 19.1. The van der Waals surface area contributed by atoms with Gasteiger partial charge in [-0.3, -0.25) is 5.10 Å². The molecule has 10 nitrogen and oxygen atoms in total. The number of nitrogens with one attached hydrogen (secondary N) is 1. The summed E-state index contributed by atoms with van der Waals surface area (Å²) in [6, 6.07) is 3.65. The van der Waals surface area contributed by atoms with Gasteiger partial charge in [0.05, 0.1) is 55.8 Å². The van der Waals surface area contributed by atoms with Crippen LogP contribution in [0.15, 0.2) is 18.3 Å². The number of nitrogens with zero attached hydrogens (tertiary/aromatic N) is 6. The van der Waals surface area contributed by atoms with Crippen molar-refractivity contribution in [1.29, 1.82) is 0 Å². The molecule has 13 heteroatoms. The van der Waals surface area contributed by atoms with Gasteiger partial charge in [0.15, 0.2) is 17.6 Å². The maximum atomic E-state index is 13.8. The van der Waals surface area contributed by atoms with Crippen molar-refractivity contribution in [2.75, 3.05) is 42.8 Å². The Morgan fingerprint density at radius 3 is 2.60 bits per heavy atom. The minimum Gasteiger partial charge on any atom is -0.378 e. The van der Waals surface area contributed by atoms with E-state index in [0.717, 1.165) is 12.8 Å². The van der Waals surface area contributed by atoms with Crippen molar-refractivity contribution in [2.45, 2.75) is 50.2 Å². The quantitative estimate of drug-likeness (QED) is 0.571. The zero-order chi connectivity index (χ0) is 24.3. The number of H-pyrrole nitrogens is 1. The van der Waals surface area contributed by atoms with Crippen LogP contribution in [0.1, 0.15) is 31.6 Å². The average molecular weight is 493 g/mol. The fourth-order valence-corrected chi connectivity index (χ4v) is 5.44. The van der Waals surface area contributed by atoms with Gasteiger partial charge in [0, 0.05) is 24.7 Å². The number of halogens is 3. The first-order chi connectivity index (χ1) is 16.8. The number of aromatic amines is 1. The molecule has 2 unspecified atom stereocenters. The molecule has 0 amide bonds. The number of anilines is 2. The lowest BCUT2D eigenvalue weighted by atomic mass is 10.1. The summed E-state index contributed by atoms with van der Waals surface area (Å²) in [5.74, 6) is 1.02. The minimum atomic E-state index is -4.89. The van der Waals surface area contributed by atoms with Crippen LogP contribution in [0.3, 0.4) is 0 Å². The van der Waals surface area contributed by atoms with E-state index in [-0.39, 0.29) is 29.2 Å². The van der Waals surface area contributed by atoms with Crippen LogP contribution < -0.4 is 9.80 Å². The van der Waals surface area contributed by atoms with Crippen molar-refractivity contribution < 1.29 is 27.8 Å². The van der Waals surface area contributed by atoms with Crippen molar-refractivity contribution in [1.82, 2.24) is 25.0 Å². The SMILES string of the molecule is C[C@@H]1COCCN1c1cc(N2C3CCC2COC3)nc2c1c([C@H](O)C(F)(F)F)nn2-c1ccn[nH]1. The second-order valence-electron chi connectivity index (χ2n) is 9.33. The molecule has 3 aliphatic rings. The second kappa shape index (κ2) is 8.35. The van der Waals surface area contributed by atoms with E-state index in [9.17, 15) is 18.3 Å². The lowest BCUT2D eigenvalue weighted by molar-refractivity contribution is -0.207. The van der Waals surface area contributed by atoms with Gasteiger partial charge in [-0.2, -0.15) is 28.1 Å². The maximum Gasteiger partial charge on any atom is 0.420 e. The van der Waals surface area contributed by atoms with Crippen LogP contribution in [0.25, 0.3) is 16.9 Å². The Morgan fingerprint density at radius 1 is 1.17 bits per heavy atom. The fraction of sp³-hybridized carbons (Fsp3) is 0.591. The van der Waals surface area contributed by atoms with E-state index >= 15 is 0 Å². The first-order valence-electron chi connectivity index (χ1n) is 11.7. The van der Waals surface area contributed by atoms with Gasteiger partial charge in [-0.15, -0.1) is 0 Å². The summed E-state index contributed by atoms with van der Waals surface area (Å²) in [5, 5.41) is 21.4. The molecule has 4 atom stereocenters. The highest BCUT2D eigenvalue weighted by Crippen LogP contribution is 2.43. The van der Waals surface area contributed by atoms with E-state index < -0.39 is 18.0 Å². The van der Waals surface area contributed by atoms with Crippen molar-refractivity contribution in [2.24, 2.45) is 0 Å². The van der Waals surface area contributed by atoms with Crippen molar-refractivity contribution in [3.05, 3.63) is 24.0 Å². The van der Waals surface area contributed by atoms with Gasteiger partial charge in [-0.25, -0.2) is 4.98 Å². The van der Waals surface area contributed by atoms with Crippen LogP contribution >= 0.6 is 0 Å². The normalized spacial score (nSPS) is 26.0. The third-order valence-electron chi connectivity index (χ3n) is 7.10. The third kappa shape index (κ3) is 3.72. The van der Waals surface area contributed by atoms with E-state index in [4.69, 9.17) is 14.5 Å². The monoisotopic (exact) mass is 493 g/mol. The van der Waals surface area contributed by atoms with Gasteiger partial charge in [-0.05, 0) is 19.8 Å². The van der Waals surface area contributed by atoms with Gasteiger partial charge in [0.1, 0.15) is 11.5 Å². The van der Waals surface area contributed by atoms with E-state index in [1.165, 1.54) is 10.9 Å². The van der Waals surface area contributed by atoms with E-state index in [0.29, 0.717) is 50.3 Å². The standard InChI is InChI=1S/C22H26F3N7O3/c1-12-9-34-7-6-30(12)15-8-17(31-13-2-3-14(31)11-35-10-13)27-21-18(15)19(20(33)22(23,24)25)29-32(21)16-4-5-26-28-16/h4-5,8,12-14,20,33H,2-3,6-7,9-11H2,1H3,(H,26,28)/t12-,13?,14?,20+/m1/s1. The molecule has 0 aromatic carbocycles. The molecule has 3 aromatic heterocycles. The molecule has 35 heavy (non-hydrogen) atoms. The Kier molecular flexibility index (Phi) is 5.38. The molecule has 0 aliphatic carbocycles. The molecule has 2 N–H and O–H groups in total. The predicted octanol–water partition coefficient (Wildman–Crippen LogP) is 2.33. The van der Waals surface area contributed by atoms with Gasteiger partial charge in [0.2, 0.25) is 0 Å². The van der Waals surface area contributed by atoms with Gasteiger partial charge < -0.3 is 24.4 Å². The van der Waals surface area contributed by atoms with Crippen LogP contribution in [0, 0.1) is 0 Å². The first kappa shape index (κ1) is 22.6. The summed E-state index contributed by atoms with van der Waals surface area (Å²) in [6.07, 6.45) is -4.25. The summed E-state index contributed by atoms with van der Waals surface area (Å²) < 4.78 is 53.9. The molecule has 188 valence electrons. The summed E-state index contributed by atoms with van der Waals surface area (Å²) >= 11 is 0. The lowest BCUT2D eigenvalue weighted by Gasteiger charge is -2.38. The van der Waals surface area contributed by atoms with E-state index in [2.05, 4.69) is 20.2 Å². The summed E-state index contributed by atoms with van der Waals surface area (Å²) in [4.78, 5) is 9.09. The first-order valence-corrected chi connectivity index (χ1v) is 11.7. The zero-order valence-electron chi connectivity index (χ0n) is 19.1. The molecule has 0 radical (unpaired) electrons. The highest BCUT2D eigenvalue weighted by atomic mass is 19.4. The Morgan fingerprint density at radius 2 is 1.94 bits per heavy atom.